The zero-order valence-corrected chi connectivity index (χ0v) is 13.9. The van der Waals surface area contributed by atoms with Gasteiger partial charge in [0.1, 0.15) is 0 Å². The summed E-state index contributed by atoms with van der Waals surface area (Å²) in [7, 11) is -0.127. The summed E-state index contributed by atoms with van der Waals surface area (Å²) < 4.78 is 18.5. The Morgan fingerprint density at radius 2 is 1.50 bits per heavy atom. The molecular weight excluding hydrogens is 275 g/mol. The van der Waals surface area contributed by atoms with Crippen LogP contribution in [0.4, 0.5) is 0 Å². The van der Waals surface area contributed by atoms with Gasteiger partial charge < -0.3 is 14.0 Å². The third kappa shape index (κ3) is 2.00. The molecule has 4 rings (SSSR count). The van der Waals surface area contributed by atoms with Crippen molar-refractivity contribution in [3.63, 3.8) is 0 Å². The maximum absolute atomic E-state index is 6.35. The third-order valence-electron chi connectivity index (χ3n) is 6.31. The van der Waals surface area contributed by atoms with E-state index in [1.165, 1.54) is 5.56 Å². The van der Waals surface area contributed by atoms with E-state index in [1.54, 1.807) is 0 Å². The lowest BCUT2D eigenvalue weighted by Crippen LogP contribution is -2.49. The second-order valence-corrected chi connectivity index (χ2v) is 8.00. The van der Waals surface area contributed by atoms with Crippen LogP contribution < -0.4 is 0 Å². The van der Waals surface area contributed by atoms with E-state index in [0.717, 1.165) is 13.2 Å². The minimum Gasteiger partial charge on any atom is -0.403 e. The number of ether oxygens (including phenoxy) is 1. The number of benzene rings is 1. The summed E-state index contributed by atoms with van der Waals surface area (Å²) in [5, 5.41) is 0. The van der Waals surface area contributed by atoms with Crippen LogP contribution in [0.1, 0.15) is 39.2 Å². The first-order valence-electron chi connectivity index (χ1n) is 8.39. The van der Waals surface area contributed by atoms with Crippen molar-refractivity contribution in [3.8, 4) is 0 Å². The van der Waals surface area contributed by atoms with Crippen molar-refractivity contribution in [2.45, 2.75) is 50.6 Å². The van der Waals surface area contributed by atoms with Crippen LogP contribution in [0.5, 0.6) is 0 Å². The summed E-state index contributed by atoms with van der Waals surface area (Å²) in [5.74, 6) is 2.07. The Labute approximate surface area is 133 Å². The van der Waals surface area contributed by atoms with Gasteiger partial charge in [0.15, 0.2) is 0 Å². The van der Waals surface area contributed by atoms with E-state index in [0.29, 0.717) is 23.6 Å². The Kier molecular flexibility index (Phi) is 3.23. The molecule has 0 bridgehead atoms. The van der Waals surface area contributed by atoms with Crippen LogP contribution in [0, 0.1) is 11.8 Å². The zero-order valence-electron chi connectivity index (χ0n) is 13.9. The van der Waals surface area contributed by atoms with Crippen LogP contribution in [-0.2, 0) is 14.0 Å². The predicted octanol–water partition coefficient (Wildman–Crippen LogP) is 3.51. The first kappa shape index (κ1) is 14.7. The molecule has 2 aliphatic heterocycles. The number of hydrogen-bond acceptors (Lipinski definition) is 3. The standard InChI is InChI=1S/C18H25BO3/c1-17(2)18(3,4)22-19(21-17)16-14-11-20-10-13(14)15(16)12-8-6-5-7-9-12/h5-9,13-16H,10-11H2,1-4H3. The highest BCUT2D eigenvalue weighted by Gasteiger charge is 2.64. The van der Waals surface area contributed by atoms with E-state index in [2.05, 4.69) is 58.0 Å². The number of fused-ring (bicyclic) bond motifs is 1. The van der Waals surface area contributed by atoms with Crippen LogP contribution in [0.15, 0.2) is 30.3 Å². The molecule has 0 amide bonds. The fourth-order valence-corrected chi connectivity index (χ4v) is 4.32. The molecule has 22 heavy (non-hydrogen) atoms. The monoisotopic (exact) mass is 300 g/mol. The molecule has 4 heteroatoms. The maximum atomic E-state index is 6.35. The Morgan fingerprint density at radius 1 is 0.909 bits per heavy atom. The van der Waals surface area contributed by atoms with Gasteiger partial charge in [-0.2, -0.15) is 0 Å². The molecule has 3 aliphatic rings. The van der Waals surface area contributed by atoms with Crippen LogP contribution in [0.25, 0.3) is 0 Å². The highest BCUT2D eigenvalue weighted by atomic mass is 16.7. The van der Waals surface area contributed by atoms with Gasteiger partial charge in [-0.15, -0.1) is 0 Å². The molecule has 2 heterocycles. The van der Waals surface area contributed by atoms with Gasteiger partial charge in [-0.3, -0.25) is 0 Å². The molecule has 2 saturated heterocycles. The van der Waals surface area contributed by atoms with Crippen molar-refractivity contribution in [2.24, 2.45) is 11.8 Å². The van der Waals surface area contributed by atoms with Crippen LogP contribution >= 0.6 is 0 Å². The molecule has 0 N–H and O–H groups in total. The van der Waals surface area contributed by atoms with Crippen molar-refractivity contribution >= 4 is 7.12 Å². The Morgan fingerprint density at radius 3 is 2.14 bits per heavy atom. The van der Waals surface area contributed by atoms with Gasteiger partial charge in [0.2, 0.25) is 0 Å². The largest absolute Gasteiger partial charge is 0.462 e. The normalized spacial score (nSPS) is 38.6. The van der Waals surface area contributed by atoms with Crippen LogP contribution in [0.2, 0.25) is 5.82 Å². The average molecular weight is 300 g/mol. The second kappa shape index (κ2) is 4.83. The molecule has 3 fully saturated rings. The molecule has 0 aromatic heterocycles. The average Bonchev–Trinajstić information content (AvgIpc) is 2.91. The molecule has 4 atom stereocenters. The fraction of sp³-hybridized carbons (Fsp3) is 0.667. The smallest absolute Gasteiger partial charge is 0.403 e. The van der Waals surface area contributed by atoms with Crippen LogP contribution in [0.3, 0.4) is 0 Å². The van der Waals surface area contributed by atoms with Crippen molar-refractivity contribution < 1.29 is 14.0 Å². The summed E-state index contributed by atoms with van der Waals surface area (Å²) in [6, 6.07) is 10.8. The Hall–Kier alpha value is -0.835. The Balaban J connectivity index is 1.63. The Bertz CT molecular complexity index is 541. The van der Waals surface area contributed by atoms with E-state index in [1.807, 2.05) is 0 Å². The minimum absolute atomic E-state index is 0.127. The molecule has 0 spiro atoms. The first-order valence-corrected chi connectivity index (χ1v) is 8.39. The van der Waals surface area contributed by atoms with Gasteiger partial charge in [0, 0.05) is 12.4 Å². The minimum atomic E-state index is -0.260. The summed E-state index contributed by atoms with van der Waals surface area (Å²) >= 11 is 0. The van der Waals surface area contributed by atoms with Gasteiger partial charge in [0.05, 0.1) is 17.8 Å². The summed E-state index contributed by atoms with van der Waals surface area (Å²) in [5.41, 5.74) is 0.876. The molecule has 1 aromatic carbocycles. The second-order valence-electron chi connectivity index (χ2n) is 8.00. The lowest BCUT2D eigenvalue weighted by atomic mass is 9.43. The number of rotatable bonds is 2. The SMILES string of the molecule is CC1(C)OB(C2C3COCC3C2c2ccccc2)OC1(C)C. The fourth-order valence-electron chi connectivity index (χ4n) is 4.32. The van der Waals surface area contributed by atoms with Crippen molar-refractivity contribution in [3.05, 3.63) is 35.9 Å². The molecule has 1 saturated carbocycles. The van der Waals surface area contributed by atoms with E-state index in [-0.39, 0.29) is 18.3 Å². The molecular formula is C18H25BO3. The van der Waals surface area contributed by atoms with E-state index in [4.69, 9.17) is 14.0 Å². The third-order valence-corrected chi connectivity index (χ3v) is 6.31. The molecule has 0 radical (unpaired) electrons. The maximum Gasteiger partial charge on any atom is 0.462 e. The van der Waals surface area contributed by atoms with E-state index >= 15 is 0 Å². The lowest BCUT2D eigenvalue weighted by Gasteiger charge is -2.48. The van der Waals surface area contributed by atoms with Gasteiger partial charge >= 0.3 is 7.12 Å². The lowest BCUT2D eigenvalue weighted by molar-refractivity contribution is 0.00578. The van der Waals surface area contributed by atoms with Crippen molar-refractivity contribution in [1.29, 1.82) is 0 Å². The van der Waals surface area contributed by atoms with E-state index in [9.17, 15) is 0 Å². The van der Waals surface area contributed by atoms with E-state index < -0.39 is 0 Å². The topological polar surface area (TPSA) is 27.7 Å². The summed E-state index contributed by atoms with van der Waals surface area (Å²) in [6.45, 7) is 10.2. The molecule has 1 aromatic rings. The molecule has 3 nitrogen and oxygen atoms in total. The highest BCUT2D eigenvalue weighted by Crippen LogP contribution is 2.62. The molecule has 4 unspecified atom stereocenters. The highest BCUT2D eigenvalue weighted by molar-refractivity contribution is 6.48. The van der Waals surface area contributed by atoms with Crippen molar-refractivity contribution in [2.75, 3.05) is 13.2 Å². The van der Waals surface area contributed by atoms with Gasteiger partial charge in [-0.05, 0) is 51.0 Å². The summed E-state index contributed by atoms with van der Waals surface area (Å²) in [6.07, 6.45) is 0. The van der Waals surface area contributed by atoms with Crippen LogP contribution in [-0.4, -0.2) is 31.5 Å². The predicted molar refractivity (Wildman–Crippen MR) is 86.8 cm³/mol. The zero-order chi connectivity index (χ0) is 15.5. The van der Waals surface area contributed by atoms with Gasteiger partial charge in [0.25, 0.3) is 0 Å². The molecule has 118 valence electrons. The number of hydrogen-bond donors (Lipinski definition) is 0. The van der Waals surface area contributed by atoms with Gasteiger partial charge in [-0.1, -0.05) is 30.3 Å². The summed E-state index contributed by atoms with van der Waals surface area (Å²) in [4.78, 5) is 0. The first-order chi connectivity index (χ1) is 10.4. The molecule has 1 aliphatic carbocycles. The quantitative estimate of drug-likeness (QED) is 0.782. The van der Waals surface area contributed by atoms with Crippen molar-refractivity contribution in [1.82, 2.24) is 0 Å². The van der Waals surface area contributed by atoms with Gasteiger partial charge in [-0.25, -0.2) is 0 Å².